The summed E-state index contributed by atoms with van der Waals surface area (Å²) < 4.78 is 23.0. The zero-order valence-electron chi connectivity index (χ0n) is 9.12. The van der Waals surface area contributed by atoms with Gasteiger partial charge in [0.15, 0.2) is 0 Å². The zero-order chi connectivity index (χ0) is 12.3. The summed E-state index contributed by atoms with van der Waals surface area (Å²) >= 11 is 0. The van der Waals surface area contributed by atoms with Crippen molar-refractivity contribution in [2.24, 2.45) is 0 Å². The third kappa shape index (κ3) is 2.37. The fraction of sp³-hybridized carbons (Fsp3) is 0.364. The molecule has 16 heavy (non-hydrogen) atoms. The van der Waals surface area contributed by atoms with Crippen LogP contribution in [0.3, 0.4) is 0 Å². The third-order valence-electron chi connectivity index (χ3n) is 2.44. The number of hydrogen-bond acceptors (Lipinski definition) is 3. The van der Waals surface area contributed by atoms with Gasteiger partial charge in [-0.3, -0.25) is 0 Å². The van der Waals surface area contributed by atoms with E-state index in [2.05, 4.69) is 0 Å². The van der Waals surface area contributed by atoms with Gasteiger partial charge in [0.25, 0.3) is 9.05 Å². The first kappa shape index (κ1) is 13.0. The SMILES string of the molecule is CCc1ccc(C#N)c(CC)c1S(=O)(=O)Cl. The van der Waals surface area contributed by atoms with Gasteiger partial charge in [-0.05, 0) is 30.0 Å². The van der Waals surface area contributed by atoms with Gasteiger partial charge in [-0.15, -0.1) is 0 Å². The lowest BCUT2D eigenvalue weighted by molar-refractivity contribution is 0.607. The van der Waals surface area contributed by atoms with Crippen LogP contribution in [0.25, 0.3) is 0 Å². The maximum Gasteiger partial charge on any atom is 0.261 e. The van der Waals surface area contributed by atoms with Gasteiger partial charge in [0, 0.05) is 10.7 Å². The zero-order valence-corrected chi connectivity index (χ0v) is 10.7. The fourth-order valence-electron chi connectivity index (χ4n) is 1.71. The summed E-state index contributed by atoms with van der Waals surface area (Å²) in [6.45, 7) is 3.66. The van der Waals surface area contributed by atoms with Crippen molar-refractivity contribution in [3.63, 3.8) is 0 Å². The van der Waals surface area contributed by atoms with Crippen LogP contribution >= 0.6 is 10.7 Å². The Morgan fingerprint density at radius 2 is 1.94 bits per heavy atom. The van der Waals surface area contributed by atoms with Crippen LogP contribution in [-0.4, -0.2) is 8.42 Å². The lowest BCUT2D eigenvalue weighted by Gasteiger charge is -2.11. The van der Waals surface area contributed by atoms with Crippen LogP contribution in [0.2, 0.25) is 0 Å². The number of rotatable bonds is 3. The van der Waals surface area contributed by atoms with Crippen molar-refractivity contribution in [3.05, 3.63) is 28.8 Å². The molecule has 0 N–H and O–H groups in total. The highest BCUT2D eigenvalue weighted by Gasteiger charge is 2.21. The topological polar surface area (TPSA) is 57.9 Å². The summed E-state index contributed by atoms with van der Waals surface area (Å²) in [5, 5.41) is 8.92. The quantitative estimate of drug-likeness (QED) is 0.782. The highest BCUT2D eigenvalue weighted by molar-refractivity contribution is 8.13. The van der Waals surface area contributed by atoms with Crippen molar-refractivity contribution >= 4 is 19.7 Å². The van der Waals surface area contributed by atoms with Crippen molar-refractivity contribution in [2.75, 3.05) is 0 Å². The fourth-order valence-corrected chi connectivity index (χ4v) is 3.37. The number of halogens is 1. The Hall–Kier alpha value is -1.05. The Morgan fingerprint density at radius 3 is 2.31 bits per heavy atom. The van der Waals surface area contributed by atoms with Crippen LogP contribution in [0.5, 0.6) is 0 Å². The van der Waals surface area contributed by atoms with Crippen molar-refractivity contribution in [1.82, 2.24) is 0 Å². The predicted octanol–water partition coefficient (Wildman–Crippen LogP) is 2.61. The monoisotopic (exact) mass is 257 g/mol. The van der Waals surface area contributed by atoms with Gasteiger partial charge in [0.2, 0.25) is 0 Å². The standard InChI is InChI=1S/C11H12ClNO2S/c1-3-8-5-6-9(7-13)10(4-2)11(8)16(12,14)15/h5-6H,3-4H2,1-2H3. The van der Waals surface area contributed by atoms with Crippen LogP contribution in [0.15, 0.2) is 17.0 Å². The number of nitriles is 1. The first-order valence-electron chi connectivity index (χ1n) is 4.95. The molecular formula is C11H12ClNO2S. The van der Waals surface area contributed by atoms with Crippen LogP contribution in [0.4, 0.5) is 0 Å². The molecule has 5 heteroatoms. The second-order valence-corrected chi connectivity index (χ2v) is 5.84. The largest absolute Gasteiger partial charge is 0.261 e. The molecule has 0 atom stereocenters. The average molecular weight is 258 g/mol. The van der Waals surface area contributed by atoms with Crippen molar-refractivity contribution < 1.29 is 8.42 Å². The molecule has 0 heterocycles. The van der Waals surface area contributed by atoms with Gasteiger partial charge in [0.05, 0.1) is 16.5 Å². The molecular weight excluding hydrogens is 246 g/mol. The maximum atomic E-state index is 11.5. The molecule has 1 aromatic rings. The van der Waals surface area contributed by atoms with E-state index in [0.29, 0.717) is 29.5 Å². The third-order valence-corrected chi connectivity index (χ3v) is 3.90. The van der Waals surface area contributed by atoms with E-state index in [1.807, 2.05) is 13.0 Å². The molecule has 0 unspecified atom stereocenters. The van der Waals surface area contributed by atoms with E-state index in [4.69, 9.17) is 15.9 Å². The van der Waals surface area contributed by atoms with E-state index in [-0.39, 0.29) is 4.90 Å². The maximum absolute atomic E-state index is 11.5. The number of aryl methyl sites for hydroxylation is 1. The minimum absolute atomic E-state index is 0.109. The Balaban J connectivity index is 3.72. The van der Waals surface area contributed by atoms with E-state index < -0.39 is 9.05 Å². The molecule has 0 fully saturated rings. The second-order valence-electron chi connectivity index (χ2n) is 3.34. The van der Waals surface area contributed by atoms with E-state index in [0.717, 1.165) is 0 Å². The summed E-state index contributed by atoms with van der Waals surface area (Å²) in [4.78, 5) is 0.109. The van der Waals surface area contributed by atoms with Gasteiger partial charge < -0.3 is 0 Å². The Kier molecular flexibility index (Phi) is 3.95. The summed E-state index contributed by atoms with van der Waals surface area (Å²) in [6, 6.07) is 5.28. The Morgan fingerprint density at radius 1 is 1.31 bits per heavy atom. The Bertz CT molecular complexity index is 544. The van der Waals surface area contributed by atoms with Gasteiger partial charge in [-0.25, -0.2) is 8.42 Å². The van der Waals surface area contributed by atoms with Gasteiger partial charge in [0.1, 0.15) is 0 Å². The van der Waals surface area contributed by atoms with E-state index in [9.17, 15) is 8.42 Å². The summed E-state index contributed by atoms with van der Waals surface area (Å²) in [5.41, 5.74) is 1.54. The second kappa shape index (κ2) is 4.86. The first-order chi connectivity index (χ1) is 7.45. The summed E-state index contributed by atoms with van der Waals surface area (Å²) in [6.07, 6.45) is 1.04. The van der Waals surface area contributed by atoms with E-state index >= 15 is 0 Å². The first-order valence-corrected chi connectivity index (χ1v) is 7.26. The molecule has 0 aliphatic rings. The van der Waals surface area contributed by atoms with E-state index in [1.165, 1.54) is 0 Å². The molecule has 1 rings (SSSR count). The average Bonchev–Trinajstić information content (AvgIpc) is 2.25. The highest BCUT2D eigenvalue weighted by atomic mass is 35.7. The molecule has 0 saturated carbocycles. The predicted molar refractivity (Wildman–Crippen MR) is 63.0 cm³/mol. The molecule has 0 saturated heterocycles. The minimum atomic E-state index is -3.80. The van der Waals surface area contributed by atoms with Crippen molar-refractivity contribution in [3.8, 4) is 6.07 Å². The molecule has 86 valence electrons. The normalized spacial score (nSPS) is 11.1. The van der Waals surface area contributed by atoms with Crippen LogP contribution < -0.4 is 0 Å². The Labute approximate surface area is 100 Å². The van der Waals surface area contributed by atoms with Gasteiger partial charge in [-0.1, -0.05) is 19.9 Å². The molecule has 0 aliphatic carbocycles. The summed E-state index contributed by atoms with van der Waals surface area (Å²) in [5.74, 6) is 0. The molecule has 0 radical (unpaired) electrons. The molecule has 3 nitrogen and oxygen atoms in total. The lowest BCUT2D eigenvalue weighted by Crippen LogP contribution is -2.04. The minimum Gasteiger partial charge on any atom is -0.207 e. The molecule has 0 aromatic heterocycles. The molecule has 0 aliphatic heterocycles. The highest BCUT2D eigenvalue weighted by Crippen LogP contribution is 2.28. The molecule has 0 amide bonds. The van der Waals surface area contributed by atoms with Crippen LogP contribution in [0.1, 0.15) is 30.5 Å². The number of benzene rings is 1. The summed E-state index contributed by atoms with van der Waals surface area (Å²) in [7, 11) is 1.62. The number of hydrogen-bond donors (Lipinski definition) is 0. The van der Waals surface area contributed by atoms with E-state index in [1.54, 1.807) is 19.1 Å². The number of nitrogens with zero attached hydrogens (tertiary/aromatic N) is 1. The molecule has 1 aromatic carbocycles. The van der Waals surface area contributed by atoms with Gasteiger partial charge in [-0.2, -0.15) is 5.26 Å². The van der Waals surface area contributed by atoms with Crippen molar-refractivity contribution in [2.45, 2.75) is 31.6 Å². The lowest BCUT2D eigenvalue weighted by atomic mass is 10.0. The molecule has 0 spiro atoms. The van der Waals surface area contributed by atoms with Crippen molar-refractivity contribution in [1.29, 1.82) is 5.26 Å². The van der Waals surface area contributed by atoms with Crippen LogP contribution in [0, 0.1) is 11.3 Å². The molecule has 0 bridgehead atoms. The van der Waals surface area contributed by atoms with Crippen LogP contribution in [-0.2, 0) is 21.9 Å². The van der Waals surface area contributed by atoms with Gasteiger partial charge >= 0.3 is 0 Å². The smallest absolute Gasteiger partial charge is 0.207 e.